The molecule has 2 N–H and O–H groups in total. The van der Waals surface area contributed by atoms with Gasteiger partial charge in [-0.3, -0.25) is 4.79 Å². The van der Waals surface area contributed by atoms with Gasteiger partial charge in [-0.25, -0.2) is 0 Å². The molecule has 4 nitrogen and oxygen atoms in total. The first-order valence-corrected chi connectivity index (χ1v) is 2.56. The Morgan fingerprint density at radius 3 is 2.67 bits per heavy atom. The van der Waals surface area contributed by atoms with E-state index in [4.69, 9.17) is 10.2 Å². The van der Waals surface area contributed by atoms with Gasteiger partial charge in [0.2, 0.25) is 5.79 Å². The molecule has 0 aliphatic rings. The SMILES string of the molecule is CC(O)(C=O)OCCO. The molecule has 9 heavy (non-hydrogen) atoms. The van der Waals surface area contributed by atoms with Crippen LogP contribution < -0.4 is 0 Å². The molecule has 0 bridgehead atoms. The molecule has 0 saturated carbocycles. The number of carbonyl (C=O) groups is 1. The Hall–Kier alpha value is -0.450. The number of rotatable bonds is 4. The van der Waals surface area contributed by atoms with Crippen LogP contribution in [0.3, 0.4) is 0 Å². The van der Waals surface area contributed by atoms with Crippen LogP contribution in [0.15, 0.2) is 0 Å². The van der Waals surface area contributed by atoms with Gasteiger partial charge in [0, 0.05) is 0 Å². The number of ether oxygens (including phenoxy) is 1. The summed E-state index contributed by atoms with van der Waals surface area (Å²) in [5.74, 6) is -1.75. The highest BCUT2D eigenvalue weighted by Crippen LogP contribution is 1.98. The van der Waals surface area contributed by atoms with Crippen LogP contribution in [0.25, 0.3) is 0 Å². The van der Waals surface area contributed by atoms with E-state index in [-0.39, 0.29) is 19.5 Å². The van der Waals surface area contributed by atoms with Crippen molar-refractivity contribution >= 4 is 6.29 Å². The Labute approximate surface area is 53.1 Å². The topological polar surface area (TPSA) is 66.8 Å². The van der Waals surface area contributed by atoms with Gasteiger partial charge in [0.1, 0.15) is 0 Å². The van der Waals surface area contributed by atoms with Crippen molar-refractivity contribution < 1.29 is 19.7 Å². The van der Waals surface area contributed by atoms with Crippen LogP contribution in [0.5, 0.6) is 0 Å². The molecular weight excluding hydrogens is 124 g/mol. The van der Waals surface area contributed by atoms with E-state index in [1.54, 1.807) is 0 Å². The molecule has 0 aromatic rings. The summed E-state index contributed by atoms with van der Waals surface area (Å²) in [7, 11) is 0. The lowest BCUT2D eigenvalue weighted by molar-refractivity contribution is -0.187. The number of carbonyl (C=O) groups excluding carboxylic acids is 1. The van der Waals surface area contributed by atoms with Crippen molar-refractivity contribution in [1.29, 1.82) is 0 Å². The molecular formula is C5H10O4. The third-order valence-corrected chi connectivity index (χ3v) is 0.704. The van der Waals surface area contributed by atoms with E-state index in [0.717, 1.165) is 0 Å². The van der Waals surface area contributed by atoms with Crippen LogP contribution in [0.2, 0.25) is 0 Å². The van der Waals surface area contributed by atoms with Crippen LogP contribution in [0.4, 0.5) is 0 Å². The zero-order valence-corrected chi connectivity index (χ0v) is 5.20. The van der Waals surface area contributed by atoms with Gasteiger partial charge in [-0.1, -0.05) is 0 Å². The van der Waals surface area contributed by atoms with Gasteiger partial charge < -0.3 is 14.9 Å². The van der Waals surface area contributed by atoms with Crippen LogP contribution >= 0.6 is 0 Å². The van der Waals surface area contributed by atoms with E-state index in [1.807, 2.05) is 0 Å². The second-order valence-electron chi connectivity index (χ2n) is 1.74. The molecule has 0 rings (SSSR count). The number of aldehydes is 1. The molecule has 54 valence electrons. The van der Waals surface area contributed by atoms with Crippen LogP contribution in [-0.4, -0.2) is 35.5 Å². The molecule has 0 aliphatic carbocycles. The van der Waals surface area contributed by atoms with E-state index in [0.29, 0.717) is 0 Å². The van der Waals surface area contributed by atoms with Crippen molar-refractivity contribution in [3.63, 3.8) is 0 Å². The average Bonchev–Trinajstić information content (AvgIpc) is 1.84. The number of aliphatic hydroxyl groups excluding tert-OH is 1. The van der Waals surface area contributed by atoms with Crippen molar-refractivity contribution in [2.45, 2.75) is 12.7 Å². The van der Waals surface area contributed by atoms with E-state index < -0.39 is 5.79 Å². The first kappa shape index (κ1) is 8.55. The molecule has 1 unspecified atom stereocenters. The van der Waals surface area contributed by atoms with Crippen molar-refractivity contribution in [2.24, 2.45) is 0 Å². The quantitative estimate of drug-likeness (QED) is 0.378. The molecule has 4 heteroatoms. The van der Waals surface area contributed by atoms with Crippen LogP contribution in [0, 0.1) is 0 Å². The van der Waals surface area contributed by atoms with Gasteiger partial charge >= 0.3 is 0 Å². The van der Waals surface area contributed by atoms with Crippen LogP contribution in [0.1, 0.15) is 6.92 Å². The first-order chi connectivity index (χ1) is 4.12. The normalized spacial score (nSPS) is 16.8. The first-order valence-electron chi connectivity index (χ1n) is 2.56. The summed E-state index contributed by atoms with van der Waals surface area (Å²) in [5.41, 5.74) is 0. The summed E-state index contributed by atoms with van der Waals surface area (Å²) >= 11 is 0. The fourth-order valence-electron chi connectivity index (χ4n) is 0.286. The zero-order chi connectivity index (χ0) is 7.33. The fourth-order valence-corrected chi connectivity index (χ4v) is 0.286. The third kappa shape index (κ3) is 4.08. The molecule has 0 amide bonds. The minimum atomic E-state index is -1.75. The monoisotopic (exact) mass is 134 g/mol. The molecule has 0 saturated heterocycles. The average molecular weight is 134 g/mol. The molecule has 1 atom stereocenters. The fraction of sp³-hybridized carbons (Fsp3) is 0.800. The summed E-state index contributed by atoms with van der Waals surface area (Å²) in [6, 6.07) is 0. The Bertz CT molecular complexity index is 89.0. The Kier molecular flexibility index (Phi) is 3.37. The van der Waals surface area contributed by atoms with Gasteiger partial charge in [-0.2, -0.15) is 0 Å². The molecule has 0 aliphatic heterocycles. The van der Waals surface area contributed by atoms with Gasteiger partial charge in [0.05, 0.1) is 13.2 Å². The molecule has 0 spiro atoms. The predicted molar refractivity (Wildman–Crippen MR) is 29.7 cm³/mol. The second kappa shape index (κ2) is 3.55. The van der Waals surface area contributed by atoms with E-state index in [9.17, 15) is 4.79 Å². The lowest BCUT2D eigenvalue weighted by Gasteiger charge is -2.14. The molecule has 0 aromatic carbocycles. The molecule has 0 aromatic heterocycles. The highest BCUT2D eigenvalue weighted by atomic mass is 16.6. The van der Waals surface area contributed by atoms with E-state index in [1.165, 1.54) is 6.92 Å². The Morgan fingerprint density at radius 2 is 2.33 bits per heavy atom. The maximum atomic E-state index is 9.88. The summed E-state index contributed by atoms with van der Waals surface area (Å²) in [6.45, 7) is 0.964. The van der Waals surface area contributed by atoms with Gasteiger partial charge in [0.15, 0.2) is 6.29 Å². The van der Waals surface area contributed by atoms with Gasteiger partial charge in [-0.15, -0.1) is 0 Å². The zero-order valence-electron chi connectivity index (χ0n) is 5.20. The highest BCUT2D eigenvalue weighted by molar-refractivity contribution is 5.58. The largest absolute Gasteiger partial charge is 0.394 e. The van der Waals surface area contributed by atoms with Gasteiger partial charge in [-0.05, 0) is 6.92 Å². The third-order valence-electron chi connectivity index (χ3n) is 0.704. The minimum absolute atomic E-state index is 0.0360. The predicted octanol–water partition coefficient (Wildman–Crippen LogP) is -1.10. The standard InChI is InChI=1S/C5H10O4/c1-5(8,4-7)9-3-2-6/h4,6,8H,2-3H2,1H3. The number of hydrogen-bond donors (Lipinski definition) is 2. The lowest BCUT2D eigenvalue weighted by atomic mass is 10.4. The maximum absolute atomic E-state index is 9.88. The Morgan fingerprint density at radius 1 is 1.78 bits per heavy atom. The number of hydrogen-bond acceptors (Lipinski definition) is 4. The highest BCUT2D eigenvalue weighted by Gasteiger charge is 2.18. The molecule has 0 fully saturated rings. The van der Waals surface area contributed by atoms with Gasteiger partial charge in [0.25, 0.3) is 0 Å². The maximum Gasteiger partial charge on any atom is 0.220 e. The summed E-state index contributed by atoms with van der Waals surface area (Å²) in [5, 5.41) is 16.9. The molecule has 0 radical (unpaired) electrons. The van der Waals surface area contributed by atoms with E-state index >= 15 is 0 Å². The van der Waals surface area contributed by atoms with Crippen LogP contribution in [-0.2, 0) is 9.53 Å². The van der Waals surface area contributed by atoms with Crippen molar-refractivity contribution in [1.82, 2.24) is 0 Å². The smallest absolute Gasteiger partial charge is 0.220 e. The summed E-state index contributed by atoms with van der Waals surface area (Å²) < 4.78 is 4.47. The molecule has 0 heterocycles. The Balaban J connectivity index is 3.45. The lowest BCUT2D eigenvalue weighted by Crippen LogP contribution is -2.30. The van der Waals surface area contributed by atoms with Crippen molar-refractivity contribution in [3.05, 3.63) is 0 Å². The summed E-state index contributed by atoms with van der Waals surface area (Å²) in [6.07, 6.45) is 0.267. The van der Waals surface area contributed by atoms with E-state index in [2.05, 4.69) is 4.74 Å². The van der Waals surface area contributed by atoms with Crippen molar-refractivity contribution in [3.8, 4) is 0 Å². The number of aliphatic hydroxyl groups is 2. The van der Waals surface area contributed by atoms with Crippen molar-refractivity contribution in [2.75, 3.05) is 13.2 Å². The second-order valence-corrected chi connectivity index (χ2v) is 1.74. The minimum Gasteiger partial charge on any atom is -0.394 e. The summed E-state index contributed by atoms with van der Waals surface area (Å²) in [4.78, 5) is 9.88.